The van der Waals surface area contributed by atoms with Crippen LogP contribution in [0.25, 0.3) is 38.2 Å². The number of amides is 1. The lowest BCUT2D eigenvalue weighted by Crippen LogP contribution is -2.40. The number of nitrogens with two attached hydrogens (primary N) is 1. The summed E-state index contributed by atoms with van der Waals surface area (Å²) >= 11 is 1.70. The largest absolute Gasteiger partial charge is 0.397 e. The lowest BCUT2D eigenvalue weighted by Gasteiger charge is -2.27. The molecule has 6 nitrogen and oxygen atoms in total. The number of fused-ring (bicyclic) bond motifs is 2. The van der Waals surface area contributed by atoms with Crippen molar-refractivity contribution in [1.82, 2.24) is 4.98 Å². The number of para-hydroxylation sites is 1. The van der Waals surface area contributed by atoms with E-state index < -0.39 is 0 Å². The first kappa shape index (κ1) is 25.7. The fourth-order valence-corrected chi connectivity index (χ4v) is 6.17. The maximum atomic E-state index is 13.0. The van der Waals surface area contributed by atoms with E-state index in [1.54, 1.807) is 11.3 Å². The van der Waals surface area contributed by atoms with Gasteiger partial charge in [0.05, 0.1) is 22.7 Å². The fraction of sp³-hybridized carbons (Fsp3) is 0.0571. The molecule has 0 unspecified atom stereocenters. The molecule has 0 saturated heterocycles. The maximum Gasteiger partial charge on any atom is 0.247 e. The zero-order chi connectivity index (χ0) is 28.6. The Hall–Kier alpha value is -5.27. The molecule has 1 amide bonds. The predicted octanol–water partition coefficient (Wildman–Crippen LogP) is 8.20. The van der Waals surface area contributed by atoms with Crippen molar-refractivity contribution >= 4 is 56.6 Å². The predicted molar refractivity (Wildman–Crippen MR) is 177 cm³/mol. The summed E-state index contributed by atoms with van der Waals surface area (Å²) in [5, 5.41) is 13.1. The number of thiophene rings is 1. The number of rotatable bonds is 7. The van der Waals surface area contributed by atoms with E-state index in [1.807, 2.05) is 66.9 Å². The number of H-pyrrole nitrogens is 1. The van der Waals surface area contributed by atoms with Crippen LogP contribution in [0, 0.1) is 0 Å². The van der Waals surface area contributed by atoms with E-state index in [1.165, 1.54) is 4.88 Å². The number of nitrogens with one attached hydrogen (secondary N) is 4. The van der Waals surface area contributed by atoms with Crippen LogP contribution in [-0.2, 0) is 11.2 Å². The zero-order valence-electron chi connectivity index (χ0n) is 22.8. The molecule has 1 atom stereocenters. The molecule has 42 heavy (non-hydrogen) atoms. The van der Waals surface area contributed by atoms with Gasteiger partial charge in [-0.1, -0.05) is 67.2 Å². The molecule has 7 rings (SSSR count). The molecule has 6 aromatic rings. The van der Waals surface area contributed by atoms with E-state index in [0.717, 1.165) is 61.5 Å². The summed E-state index contributed by atoms with van der Waals surface area (Å²) in [6.07, 6.45) is 2.59. The Morgan fingerprint density at radius 1 is 0.881 bits per heavy atom. The first-order valence-corrected chi connectivity index (χ1v) is 14.7. The summed E-state index contributed by atoms with van der Waals surface area (Å²) in [6.45, 7) is 4.25. The molecule has 2 aromatic heterocycles. The van der Waals surface area contributed by atoms with Crippen molar-refractivity contribution in [3.05, 3.63) is 126 Å². The van der Waals surface area contributed by atoms with Crippen LogP contribution in [-0.4, -0.2) is 16.9 Å². The van der Waals surface area contributed by atoms with Crippen molar-refractivity contribution in [2.24, 2.45) is 0 Å². The molecule has 7 heteroatoms. The van der Waals surface area contributed by atoms with E-state index in [4.69, 9.17) is 5.73 Å². The number of carbonyl (C=O) groups excluding carboxylic acids is 1. The summed E-state index contributed by atoms with van der Waals surface area (Å²) in [5.74, 6) is -0.0370. The minimum atomic E-state index is -0.347. The molecule has 3 heterocycles. The highest BCUT2D eigenvalue weighted by Gasteiger charge is 2.26. The lowest BCUT2D eigenvalue weighted by atomic mass is 9.99. The normalized spacial score (nSPS) is 14.2. The van der Waals surface area contributed by atoms with Gasteiger partial charge < -0.3 is 26.7 Å². The number of anilines is 4. The first-order chi connectivity index (χ1) is 20.5. The van der Waals surface area contributed by atoms with Gasteiger partial charge in [-0.05, 0) is 69.6 Å². The highest BCUT2D eigenvalue weighted by atomic mass is 32.1. The molecule has 4 aromatic carbocycles. The second-order valence-electron chi connectivity index (χ2n) is 10.5. The van der Waals surface area contributed by atoms with Crippen molar-refractivity contribution in [1.29, 1.82) is 0 Å². The van der Waals surface area contributed by atoms with Gasteiger partial charge in [0.2, 0.25) is 5.91 Å². The summed E-state index contributed by atoms with van der Waals surface area (Å²) in [5.41, 5.74) is 16.6. The van der Waals surface area contributed by atoms with E-state index in [2.05, 4.69) is 69.3 Å². The Balaban J connectivity index is 1.05. The van der Waals surface area contributed by atoms with Gasteiger partial charge in [-0.2, -0.15) is 0 Å². The van der Waals surface area contributed by atoms with Gasteiger partial charge in [-0.3, -0.25) is 4.79 Å². The van der Waals surface area contributed by atoms with Crippen LogP contribution in [0.2, 0.25) is 0 Å². The third-order valence-electron chi connectivity index (χ3n) is 7.73. The van der Waals surface area contributed by atoms with Crippen molar-refractivity contribution in [2.75, 3.05) is 21.7 Å². The van der Waals surface area contributed by atoms with Crippen LogP contribution < -0.4 is 21.7 Å². The summed E-state index contributed by atoms with van der Waals surface area (Å²) in [6, 6.07) is 32.3. The molecular formula is C35H29N5OS. The Kier molecular flexibility index (Phi) is 6.49. The quantitative estimate of drug-likeness (QED) is 0.126. The highest BCUT2D eigenvalue weighted by molar-refractivity contribution is 7.13. The Morgan fingerprint density at radius 2 is 1.69 bits per heavy atom. The minimum absolute atomic E-state index is 0.0370. The van der Waals surface area contributed by atoms with Crippen molar-refractivity contribution in [3.8, 4) is 21.6 Å². The van der Waals surface area contributed by atoms with E-state index in [0.29, 0.717) is 12.1 Å². The monoisotopic (exact) mass is 567 g/mol. The Labute approximate surface area is 247 Å². The minimum Gasteiger partial charge on any atom is -0.397 e. The number of aromatic nitrogens is 1. The molecule has 1 aliphatic rings. The molecular weight excluding hydrogens is 538 g/mol. The molecule has 0 radical (unpaired) electrons. The second kappa shape index (κ2) is 10.6. The van der Waals surface area contributed by atoms with Crippen LogP contribution in [0.5, 0.6) is 0 Å². The maximum absolute atomic E-state index is 13.0. The highest BCUT2D eigenvalue weighted by Crippen LogP contribution is 2.35. The van der Waals surface area contributed by atoms with Gasteiger partial charge in [0.15, 0.2) is 0 Å². The summed E-state index contributed by atoms with van der Waals surface area (Å²) in [7, 11) is 0. The molecule has 0 saturated carbocycles. The van der Waals surface area contributed by atoms with Gasteiger partial charge in [0, 0.05) is 34.1 Å². The van der Waals surface area contributed by atoms with Gasteiger partial charge in [-0.25, -0.2) is 0 Å². The van der Waals surface area contributed by atoms with Crippen LogP contribution in [0.15, 0.2) is 115 Å². The molecule has 6 N–H and O–H groups in total. The average Bonchev–Trinajstić information content (AvgIpc) is 3.70. The van der Waals surface area contributed by atoms with Crippen molar-refractivity contribution in [3.63, 3.8) is 0 Å². The number of benzene rings is 4. The standard InChI is InChI=1S/C35H29N5OS/c1-21(38-31-18-25(12-14-28(31)36)34-7-4-16-42-34)22-8-10-23(11-9-22)24-13-15-30-32(17-24)40-35(41)33(39-30)19-26-20-37-29-6-3-2-5-27(26)29/h2-18,20,33,37-39H,1,19,36H2,(H,40,41)/t33-/m0/s1. The number of hydrogen-bond donors (Lipinski definition) is 5. The van der Waals surface area contributed by atoms with E-state index in [9.17, 15) is 4.79 Å². The molecule has 1 aliphatic heterocycles. The number of nitrogen functional groups attached to an aromatic ring is 1. The van der Waals surface area contributed by atoms with Crippen LogP contribution in [0.1, 0.15) is 11.1 Å². The van der Waals surface area contributed by atoms with Crippen LogP contribution in [0.3, 0.4) is 0 Å². The van der Waals surface area contributed by atoms with Crippen molar-refractivity contribution < 1.29 is 4.79 Å². The second-order valence-corrected chi connectivity index (χ2v) is 11.4. The molecule has 0 spiro atoms. The number of aromatic amines is 1. The summed E-state index contributed by atoms with van der Waals surface area (Å²) < 4.78 is 0. The fourth-order valence-electron chi connectivity index (χ4n) is 5.45. The van der Waals surface area contributed by atoms with E-state index >= 15 is 0 Å². The van der Waals surface area contributed by atoms with Crippen LogP contribution >= 0.6 is 11.3 Å². The van der Waals surface area contributed by atoms with E-state index in [-0.39, 0.29) is 11.9 Å². The number of hydrogen-bond acceptors (Lipinski definition) is 5. The molecule has 0 aliphatic carbocycles. The third kappa shape index (κ3) is 4.91. The Morgan fingerprint density at radius 3 is 2.52 bits per heavy atom. The Bertz CT molecular complexity index is 1940. The first-order valence-electron chi connectivity index (χ1n) is 13.8. The lowest BCUT2D eigenvalue weighted by molar-refractivity contribution is -0.117. The SMILES string of the molecule is C=C(Nc1cc(-c2cccs2)ccc1N)c1ccc(-c2ccc3c(c2)NC(=O)[C@H](Cc2c[nH]c4ccccc24)N3)cc1. The smallest absolute Gasteiger partial charge is 0.247 e. The average molecular weight is 568 g/mol. The van der Waals surface area contributed by atoms with Gasteiger partial charge in [-0.15, -0.1) is 11.3 Å². The molecule has 0 bridgehead atoms. The summed E-state index contributed by atoms with van der Waals surface area (Å²) in [4.78, 5) is 17.5. The molecule has 206 valence electrons. The van der Waals surface area contributed by atoms with Gasteiger partial charge in [0.1, 0.15) is 6.04 Å². The third-order valence-corrected chi connectivity index (χ3v) is 8.65. The van der Waals surface area contributed by atoms with Gasteiger partial charge in [0.25, 0.3) is 0 Å². The number of carbonyl (C=O) groups is 1. The molecule has 0 fully saturated rings. The van der Waals surface area contributed by atoms with Crippen LogP contribution in [0.4, 0.5) is 22.7 Å². The zero-order valence-corrected chi connectivity index (χ0v) is 23.6. The van der Waals surface area contributed by atoms with Gasteiger partial charge >= 0.3 is 0 Å². The van der Waals surface area contributed by atoms with Crippen molar-refractivity contribution in [2.45, 2.75) is 12.5 Å². The topological polar surface area (TPSA) is 95.0 Å².